The molecule has 1 aromatic heterocycles. The number of rotatable bonds is 6. The van der Waals surface area contributed by atoms with Crippen LogP contribution in [0.3, 0.4) is 0 Å². The van der Waals surface area contributed by atoms with Crippen molar-refractivity contribution >= 4 is 40.4 Å². The largest absolute Gasteiger partial charge is 0.455 e. The predicted molar refractivity (Wildman–Crippen MR) is 158 cm³/mol. The Bertz CT molecular complexity index is 1540. The van der Waals surface area contributed by atoms with Gasteiger partial charge in [-0.15, -0.1) is 0 Å². The number of hydrogen-bond acceptors (Lipinski definition) is 7. The summed E-state index contributed by atoms with van der Waals surface area (Å²) in [6, 6.07) is 9.89. The second-order valence-electron chi connectivity index (χ2n) is 9.77. The smallest absolute Gasteiger partial charge is 0.255 e. The molecule has 0 radical (unpaired) electrons. The second kappa shape index (κ2) is 11.5. The Balaban J connectivity index is 1.59. The number of furan rings is 1. The van der Waals surface area contributed by atoms with Gasteiger partial charge in [-0.05, 0) is 60.9 Å². The molecular weight excluding hydrogens is 529 g/mol. The standard InChI is InChI=1S/C30H32FN5O3S/c1-33-29(37)27-24-14-23(20-5-4-12-36(17-20)30(38)19-10-11-34-22(13-19)16-32)25(35(2)40-3)15-26(24)39-28(27)18-6-8-21(31)9-7-18/h6-11,13-16,20,34H,4-5,12,17,32H2,1-3H3,(H,33,37)/b22-16-/t20-/m0/s1. The van der Waals surface area contributed by atoms with Gasteiger partial charge in [0.1, 0.15) is 17.2 Å². The van der Waals surface area contributed by atoms with Crippen LogP contribution in [0.15, 0.2) is 76.6 Å². The lowest BCUT2D eigenvalue weighted by Crippen LogP contribution is -2.40. The number of benzene rings is 2. The third kappa shape index (κ3) is 5.19. The highest BCUT2D eigenvalue weighted by Gasteiger charge is 2.31. The Labute approximate surface area is 236 Å². The number of halogens is 1. The Hall–Kier alpha value is -4.18. The van der Waals surface area contributed by atoms with Crippen molar-refractivity contribution in [2.75, 3.05) is 37.7 Å². The van der Waals surface area contributed by atoms with Gasteiger partial charge in [0.15, 0.2) is 0 Å². The van der Waals surface area contributed by atoms with Crippen LogP contribution in [0.1, 0.15) is 34.7 Å². The lowest BCUT2D eigenvalue weighted by molar-refractivity contribution is -0.128. The summed E-state index contributed by atoms with van der Waals surface area (Å²) >= 11 is 1.56. The summed E-state index contributed by atoms with van der Waals surface area (Å²) in [5.74, 6) is -0.267. The highest BCUT2D eigenvalue weighted by molar-refractivity contribution is 7.99. The van der Waals surface area contributed by atoms with Crippen molar-refractivity contribution in [2.45, 2.75) is 18.8 Å². The SMILES string of the molecule is CNC(=O)c1c(-c2ccc(F)cc2)oc2cc(N(C)SC)c([C@H]3CCCN(C(=O)C4=C/C(=C/N)NC=C4)C3)cc12. The minimum Gasteiger partial charge on any atom is -0.455 e. The molecule has 0 bridgehead atoms. The van der Waals surface area contributed by atoms with E-state index < -0.39 is 0 Å². The molecule has 2 aliphatic heterocycles. The molecule has 10 heteroatoms. The first-order chi connectivity index (χ1) is 19.3. The number of nitrogens with one attached hydrogen (secondary N) is 2. The normalized spacial score (nSPS) is 18.0. The summed E-state index contributed by atoms with van der Waals surface area (Å²) < 4.78 is 22.0. The van der Waals surface area contributed by atoms with Crippen molar-refractivity contribution in [3.63, 3.8) is 0 Å². The average Bonchev–Trinajstić information content (AvgIpc) is 3.38. The van der Waals surface area contributed by atoms with Gasteiger partial charge in [-0.1, -0.05) is 11.9 Å². The van der Waals surface area contributed by atoms with Gasteiger partial charge in [0.2, 0.25) is 0 Å². The van der Waals surface area contributed by atoms with Gasteiger partial charge in [-0.25, -0.2) is 4.39 Å². The molecule has 0 saturated carbocycles. The van der Waals surface area contributed by atoms with Crippen molar-refractivity contribution in [3.05, 3.63) is 89.2 Å². The Morgan fingerprint density at radius 3 is 2.75 bits per heavy atom. The van der Waals surface area contributed by atoms with Crippen LogP contribution in [0.5, 0.6) is 0 Å². The zero-order valence-corrected chi connectivity index (χ0v) is 23.5. The molecule has 208 valence electrons. The van der Waals surface area contributed by atoms with E-state index in [0.29, 0.717) is 52.2 Å². The summed E-state index contributed by atoms with van der Waals surface area (Å²) in [6.45, 7) is 1.20. The maximum Gasteiger partial charge on any atom is 0.255 e. The molecule has 3 heterocycles. The van der Waals surface area contributed by atoms with E-state index in [1.807, 2.05) is 30.3 Å². The quantitative estimate of drug-likeness (QED) is 0.369. The molecule has 8 nitrogen and oxygen atoms in total. The number of amides is 2. The topological polar surface area (TPSA) is 104 Å². The molecule has 0 aliphatic carbocycles. The van der Waals surface area contributed by atoms with Crippen molar-refractivity contribution in [1.82, 2.24) is 15.5 Å². The maximum atomic E-state index is 13.7. The number of fused-ring (bicyclic) bond motifs is 1. The van der Waals surface area contributed by atoms with Crippen molar-refractivity contribution < 1.29 is 18.4 Å². The summed E-state index contributed by atoms with van der Waals surface area (Å²) in [4.78, 5) is 28.5. The number of carbonyl (C=O) groups excluding carboxylic acids is 2. The van der Waals surface area contributed by atoms with Crippen molar-refractivity contribution in [1.29, 1.82) is 0 Å². The zero-order chi connectivity index (χ0) is 28.4. The Morgan fingerprint density at radius 1 is 1.27 bits per heavy atom. The number of anilines is 1. The third-order valence-electron chi connectivity index (χ3n) is 7.41. The van der Waals surface area contributed by atoms with Gasteiger partial charge in [0.25, 0.3) is 11.8 Å². The summed E-state index contributed by atoms with van der Waals surface area (Å²) in [7, 11) is 3.56. The molecule has 5 rings (SSSR count). The van der Waals surface area contributed by atoms with Crippen LogP contribution in [0, 0.1) is 5.82 Å². The molecule has 1 fully saturated rings. The number of hydrogen-bond donors (Lipinski definition) is 3. The molecule has 1 saturated heterocycles. The van der Waals surface area contributed by atoms with E-state index in [-0.39, 0.29) is 23.5 Å². The number of allylic oxidation sites excluding steroid dienone is 1. The molecule has 0 unspecified atom stereocenters. The molecule has 4 N–H and O–H groups in total. The third-order valence-corrected chi connectivity index (χ3v) is 8.15. The molecule has 2 aliphatic rings. The van der Waals surface area contributed by atoms with Gasteiger partial charge >= 0.3 is 0 Å². The molecule has 2 amide bonds. The first-order valence-electron chi connectivity index (χ1n) is 13.1. The van der Waals surface area contributed by atoms with Crippen LogP contribution in [0.2, 0.25) is 0 Å². The molecule has 1 atom stereocenters. The molecule has 2 aromatic carbocycles. The number of piperidine rings is 1. The first-order valence-corrected chi connectivity index (χ1v) is 14.2. The number of nitrogens with zero attached hydrogens (tertiary/aromatic N) is 2. The second-order valence-corrected chi connectivity index (χ2v) is 10.7. The first kappa shape index (κ1) is 27.4. The highest BCUT2D eigenvalue weighted by atomic mass is 32.2. The number of carbonyl (C=O) groups is 2. The van der Waals surface area contributed by atoms with Crippen LogP contribution in [-0.4, -0.2) is 50.2 Å². The molecule has 0 spiro atoms. The number of nitrogens with two attached hydrogens (primary N) is 1. The fraction of sp³-hybridized carbons (Fsp3) is 0.267. The van der Waals surface area contributed by atoms with Crippen molar-refractivity contribution in [2.24, 2.45) is 5.73 Å². The van der Waals surface area contributed by atoms with Crippen LogP contribution in [0.4, 0.5) is 10.1 Å². The zero-order valence-electron chi connectivity index (χ0n) is 22.7. The van der Waals surface area contributed by atoms with Gasteiger partial charge in [-0.3, -0.25) is 9.59 Å². The van der Waals surface area contributed by atoms with Crippen LogP contribution in [-0.2, 0) is 4.79 Å². The molecule has 3 aromatic rings. The van der Waals surface area contributed by atoms with Crippen LogP contribution >= 0.6 is 11.9 Å². The van der Waals surface area contributed by atoms with E-state index in [2.05, 4.69) is 14.9 Å². The van der Waals surface area contributed by atoms with Crippen molar-refractivity contribution in [3.8, 4) is 11.3 Å². The maximum absolute atomic E-state index is 13.7. The summed E-state index contributed by atoms with van der Waals surface area (Å²) in [6.07, 6.45) is 10.4. The van der Waals surface area contributed by atoms with Gasteiger partial charge in [0, 0.05) is 74.3 Å². The van der Waals surface area contributed by atoms with Gasteiger partial charge in [-0.2, -0.15) is 0 Å². The predicted octanol–water partition coefficient (Wildman–Crippen LogP) is 4.86. The van der Waals surface area contributed by atoms with Crippen LogP contribution < -0.4 is 20.7 Å². The molecule has 40 heavy (non-hydrogen) atoms. The minimum absolute atomic E-state index is 0.0456. The van der Waals surface area contributed by atoms with E-state index in [4.69, 9.17) is 10.2 Å². The van der Waals surface area contributed by atoms with Gasteiger partial charge < -0.3 is 30.0 Å². The van der Waals surface area contributed by atoms with E-state index in [9.17, 15) is 14.0 Å². The van der Waals surface area contributed by atoms with Gasteiger partial charge in [0.05, 0.1) is 16.9 Å². The number of likely N-dealkylation sites (tertiary alicyclic amines) is 1. The highest BCUT2D eigenvalue weighted by Crippen LogP contribution is 2.42. The Kier molecular flexibility index (Phi) is 7.88. The minimum atomic E-state index is -0.366. The average molecular weight is 562 g/mol. The van der Waals surface area contributed by atoms with Crippen LogP contribution in [0.25, 0.3) is 22.3 Å². The van der Waals surface area contributed by atoms with E-state index in [1.54, 1.807) is 49.5 Å². The Morgan fingerprint density at radius 2 is 2.05 bits per heavy atom. The van der Waals surface area contributed by atoms with E-state index >= 15 is 0 Å². The molecular formula is C30H32FN5O3S. The fourth-order valence-corrected chi connectivity index (χ4v) is 5.67. The van der Waals surface area contributed by atoms with E-state index in [0.717, 1.165) is 24.1 Å². The fourth-order valence-electron chi connectivity index (χ4n) is 5.31. The monoisotopic (exact) mass is 561 g/mol. The van der Waals surface area contributed by atoms with E-state index in [1.165, 1.54) is 18.3 Å². The lowest BCUT2D eigenvalue weighted by Gasteiger charge is -2.35. The number of dihydropyridines is 1. The summed E-state index contributed by atoms with van der Waals surface area (Å²) in [5.41, 5.74) is 10.5. The lowest BCUT2D eigenvalue weighted by atomic mass is 9.87. The summed E-state index contributed by atoms with van der Waals surface area (Å²) in [5, 5.41) is 6.41.